The van der Waals surface area contributed by atoms with Gasteiger partial charge in [-0.15, -0.1) is 0 Å². The molecule has 1 aromatic rings. The predicted octanol–water partition coefficient (Wildman–Crippen LogP) is 1.92. The predicted molar refractivity (Wildman–Crippen MR) is 50.5 cm³/mol. The smallest absolute Gasteiger partial charge is 0.205 e. The first-order chi connectivity index (χ1) is 5.79. The minimum Gasteiger partial charge on any atom is -0.341 e. The summed E-state index contributed by atoms with van der Waals surface area (Å²) in [6.07, 6.45) is 4.19. The fourth-order valence-electron chi connectivity index (χ4n) is 1.85. The molecular formula is C8H13N3S. The van der Waals surface area contributed by atoms with E-state index in [1.54, 1.807) is 6.33 Å². The van der Waals surface area contributed by atoms with Gasteiger partial charge in [0, 0.05) is 23.6 Å². The summed E-state index contributed by atoms with van der Waals surface area (Å²) in [5.74, 6) is 0. The normalized spacial score (nSPS) is 29.7. The van der Waals surface area contributed by atoms with Crippen molar-refractivity contribution in [2.24, 2.45) is 0 Å². The van der Waals surface area contributed by atoms with E-state index in [1.165, 1.54) is 24.4 Å². The molecule has 0 aromatic carbocycles. The quantitative estimate of drug-likeness (QED) is 0.666. The zero-order chi connectivity index (χ0) is 8.55. The molecule has 1 fully saturated rings. The summed E-state index contributed by atoms with van der Waals surface area (Å²) >= 11 is 1.49. The Kier molecular flexibility index (Phi) is 2.00. The van der Waals surface area contributed by atoms with Gasteiger partial charge in [0.05, 0.1) is 0 Å². The van der Waals surface area contributed by atoms with Gasteiger partial charge in [-0.2, -0.15) is 4.37 Å². The van der Waals surface area contributed by atoms with Crippen LogP contribution in [0.5, 0.6) is 0 Å². The molecule has 2 unspecified atom stereocenters. The molecule has 0 saturated carbocycles. The van der Waals surface area contributed by atoms with Crippen LogP contribution < -0.4 is 4.90 Å². The van der Waals surface area contributed by atoms with E-state index in [0.717, 1.165) is 5.13 Å². The Morgan fingerprint density at radius 1 is 1.42 bits per heavy atom. The molecule has 4 heteroatoms. The van der Waals surface area contributed by atoms with E-state index in [9.17, 15) is 0 Å². The largest absolute Gasteiger partial charge is 0.341 e. The Bertz CT molecular complexity index is 237. The summed E-state index contributed by atoms with van der Waals surface area (Å²) in [6, 6.07) is 1.26. The van der Waals surface area contributed by atoms with Crippen molar-refractivity contribution in [3.8, 4) is 0 Å². The van der Waals surface area contributed by atoms with Gasteiger partial charge >= 0.3 is 0 Å². The number of aromatic nitrogens is 2. The van der Waals surface area contributed by atoms with Crippen molar-refractivity contribution in [3.05, 3.63) is 6.33 Å². The van der Waals surface area contributed by atoms with Crippen molar-refractivity contribution < 1.29 is 0 Å². The summed E-state index contributed by atoms with van der Waals surface area (Å²) in [5, 5.41) is 1.08. The van der Waals surface area contributed by atoms with Crippen LogP contribution in [-0.4, -0.2) is 21.4 Å². The first-order valence-corrected chi connectivity index (χ1v) is 5.11. The highest BCUT2D eigenvalue weighted by atomic mass is 32.1. The lowest BCUT2D eigenvalue weighted by molar-refractivity contribution is 0.691. The van der Waals surface area contributed by atoms with Gasteiger partial charge in [-0.05, 0) is 26.7 Å². The van der Waals surface area contributed by atoms with Crippen molar-refractivity contribution in [2.75, 3.05) is 4.90 Å². The van der Waals surface area contributed by atoms with E-state index in [4.69, 9.17) is 0 Å². The van der Waals surface area contributed by atoms with Gasteiger partial charge in [0.2, 0.25) is 5.13 Å². The highest BCUT2D eigenvalue weighted by molar-refractivity contribution is 7.09. The van der Waals surface area contributed by atoms with Crippen molar-refractivity contribution in [1.82, 2.24) is 9.36 Å². The molecule has 0 bridgehead atoms. The van der Waals surface area contributed by atoms with E-state index in [0.29, 0.717) is 12.1 Å². The van der Waals surface area contributed by atoms with Crippen molar-refractivity contribution in [1.29, 1.82) is 0 Å². The van der Waals surface area contributed by atoms with E-state index in [2.05, 4.69) is 28.1 Å². The first kappa shape index (κ1) is 7.98. The van der Waals surface area contributed by atoms with Crippen LogP contribution in [0.4, 0.5) is 5.13 Å². The van der Waals surface area contributed by atoms with Crippen LogP contribution in [0.3, 0.4) is 0 Å². The van der Waals surface area contributed by atoms with Gasteiger partial charge in [0.1, 0.15) is 6.33 Å². The zero-order valence-electron chi connectivity index (χ0n) is 7.40. The van der Waals surface area contributed by atoms with Crippen molar-refractivity contribution in [3.63, 3.8) is 0 Å². The average Bonchev–Trinajstić information content (AvgIpc) is 2.61. The molecule has 0 radical (unpaired) electrons. The van der Waals surface area contributed by atoms with Gasteiger partial charge in [0.25, 0.3) is 0 Å². The molecule has 12 heavy (non-hydrogen) atoms. The van der Waals surface area contributed by atoms with Crippen LogP contribution in [0, 0.1) is 0 Å². The molecule has 1 saturated heterocycles. The number of anilines is 1. The highest BCUT2D eigenvalue weighted by Gasteiger charge is 2.28. The Hall–Kier alpha value is -0.640. The summed E-state index contributed by atoms with van der Waals surface area (Å²) < 4.78 is 4.02. The van der Waals surface area contributed by atoms with E-state index in [1.807, 2.05) is 0 Å². The zero-order valence-corrected chi connectivity index (χ0v) is 8.21. The van der Waals surface area contributed by atoms with Crippen molar-refractivity contribution in [2.45, 2.75) is 38.8 Å². The number of nitrogens with zero attached hydrogens (tertiary/aromatic N) is 3. The monoisotopic (exact) mass is 183 g/mol. The molecule has 1 aliphatic heterocycles. The summed E-state index contributed by atoms with van der Waals surface area (Å²) in [4.78, 5) is 6.61. The maximum atomic E-state index is 4.23. The molecule has 0 aliphatic carbocycles. The first-order valence-electron chi connectivity index (χ1n) is 4.34. The molecule has 0 N–H and O–H groups in total. The van der Waals surface area contributed by atoms with Crippen LogP contribution in [0.1, 0.15) is 26.7 Å². The number of hydrogen-bond donors (Lipinski definition) is 0. The molecular weight excluding hydrogens is 170 g/mol. The second-order valence-corrected chi connectivity index (χ2v) is 4.17. The van der Waals surface area contributed by atoms with Gasteiger partial charge in [-0.25, -0.2) is 4.98 Å². The molecule has 1 aromatic heterocycles. The third kappa shape index (κ3) is 1.20. The molecule has 2 rings (SSSR count). The lowest BCUT2D eigenvalue weighted by atomic mass is 10.2. The molecule has 66 valence electrons. The van der Waals surface area contributed by atoms with Crippen molar-refractivity contribution >= 4 is 16.7 Å². The number of hydrogen-bond acceptors (Lipinski definition) is 4. The van der Waals surface area contributed by atoms with Gasteiger partial charge in [-0.3, -0.25) is 0 Å². The lowest BCUT2D eigenvalue weighted by Crippen LogP contribution is -2.32. The Morgan fingerprint density at radius 2 is 2.08 bits per heavy atom. The average molecular weight is 183 g/mol. The van der Waals surface area contributed by atoms with Crippen LogP contribution in [-0.2, 0) is 0 Å². The molecule has 2 heterocycles. The fourth-order valence-corrected chi connectivity index (χ4v) is 2.59. The van der Waals surface area contributed by atoms with Crippen LogP contribution >= 0.6 is 11.5 Å². The SMILES string of the molecule is CC1CCC(C)N1c1ncns1. The molecule has 2 atom stereocenters. The van der Waals surface area contributed by atoms with Gasteiger partial charge in [0.15, 0.2) is 0 Å². The van der Waals surface area contributed by atoms with Crippen LogP contribution in [0.2, 0.25) is 0 Å². The minimum absolute atomic E-state index is 0.632. The van der Waals surface area contributed by atoms with Crippen LogP contribution in [0.15, 0.2) is 6.33 Å². The molecule has 0 spiro atoms. The maximum Gasteiger partial charge on any atom is 0.205 e. The summed E-state index contributed by atoms with van der Waals surface area (Å²) in [6.45, 7) is 4.51. The Labute approximate surface area is 76.6 Å². The lowest BCUT2D eigenvalue weighted by Gasteiger charge is -2.24. The van der Waals surface area contributed by atoms with Crippen LogP contribution in [0.25, 0.3) is 0 Å². The molecule has 1 aliphatic rings. The summed E-state index contributed by atoms with van der Waals surface area (Å²) in [7, 11) is 0. The standard InChI is InChI=1S/C8H13N3S/c1-6-3-4-7(2)11(6)8-9-5-10-12-8/h5-7H,3-4H2,1-2H3. The topological polar surface area (TPSA) is 29.0 Å². The van der Waals surface area contributed by atoms with Gasteiger partial charge in [-0.1, -0.05) is 0 Å². The second-order valence-electron chi connectivity index (χ2n) is 3.41. The maximum absolute atomic E-state index is 4.23. The van der Waals surface area contributed by atoms with Gasteiger partial charge < -0.3 is 4.90 Å². The third-order valence-corrected chi connectivity index (χ3v) is 3.20. The molecule has 0 amide bonds. The fraction of sp³-hybridized carbons (Fsp3) is 0.750. The van der Waals surface area contributed by atoms with E-state index in [-0.39, 0.29) is 0 Å². The third-order valence-electron chi connectivity index (χ3n) is 2.52. The Balaban J connectivity index is 2.22. The van der Waals surface area contributed by atoms with E-state index >= 15 is 0 Å². The molecule has 3 nitrogen and oxygen atoms in total. The minimum atomic E-state index is 0.632. The second kappa shape index (κ2) is 3.01. The Morgan fingerprint density at radius 3 is 2.58 bits per heavy atom. The summed E-state index contributed by atoms with van der Waals surface area (Å²) in [5.41, 5.74) is 0. The van der Waals surface area contributed by atoms with E-state index < -0.39 is 0 Å². The number of rotatable bonds is 1. The highest BCUT2D eigenvalue weighted by Crippen LogP contribution is 2.30.